The standard InChI is InChI=1S/C16H20O4/c17-16-14-9-13(20-15(14)7-4-8-19-16)11-18-10-12-5-2-1-3-6-12/h1-3,5-6,13-15H,4,7-11H2/t13-,14-,15-/m1/s1. The molecule has 0 aromatic heterocycles. The zero-order valence-electron chi connectivity index (χ0n) is 11.5. The summed E-state index contributed by atoms with van der Waals surface area (Å²) in [4.78, 5) is 11.8. The van der Waals surface area contributed by atoms with Gasteiger partial charge in [-0.3, -0.25) is 4.79 Å². The monoisotopic (exact) mass is 276 g/mol. The second-order valence-electron chi connectivity index (χ2n) is 5.45. The van der Waals surface area contributed by atoms with E-state index in [0.29, 0.717) is 19.8 Å². The number of rotatable bonds is 4. The van der Waals surface area contributed by atoms with Crippen molar-refractivity contribution < 1.29 is 19.0 Å². The van der Waals surface area contributed by atoms with Crippen LogP contribution in [0.2, 0.25) is 0 Å². The second kappa shape index (κ2) is 6.37. The van der Waals surface area contributed by atoms with Crippen molar-refractivity contribution in [2.45, 2.75) is 38.1 Å². The minimum atomic E-state index is -0.0990. The van der Waals surface area contributed by atoms with Gasteiger partial charge in [-0.1, -0.05) is 30.3 Å². The van der Waals surface area contributed by atoms with E-state index < -0.39 is 0 Å². The highest BCUT2D eigenvalue weighted by atomic mass is 16.6. The molecule has 108 valence electrons. The minimum Gasteiger partial charge on any atom is -0.465 e. The van der Waals surface area contributed by atoms with Gasteiger partial charge in [-0.15, -0.1) is 0 Å². The molecule has 2 heterocycles. The highest BCUT2D eigenvalue weighted by molar-refractivity contribution is 5.73. The summed E-state index contributed by atoms with van der Waals surface area (Å²) in [5.74, 6) is -0.194. The number of cyclic esters (lactones) is 1. The van der Waals surface area contributed by atoms with E-state index in [9.17, 15) is 4.79 Å². The van der Waals surface area contributed by atoms with E-state index in [1.54, 1.807) is 0 Å². The van der Waals surface area contributed by atoms with Crippen molar-refractivity contribution in [1.29, 1.82) is 0 Å². The van der Waals surface area contributed by atoms with Crippen LogP contribution in [0.4, 0.5) is 0 Å². The number of hydrogen-bond acceptors (Lipinski definition) is 4. The number of carbonyl (C=O) groups excluding carboxylic acids is 1. The Morgan fingerprint density at radius 2 is 2.10 bits per heavy atom. The number of benzene rings is 1. The van der Waals surface area contributed by atoms with Crippen molar-refractivity contribution in [3.05, 3.63) is 35.9 Å². The summed E-state index contributed by atoms with van der Waals surface area (Å²) < 4.78 is 16.8. The molecule has 0 saturated carbocycles. The molecule has 20 heavy (non-hydrogen) atoms. The fourth-order valence-electron chi connectivity index (χ4n) is 2.90. The molecule has 1 aromatic carbocycles. The predicted octanol–water partition coefficient (Wildman–Crippen LogP) is 2.31. The fraction of sp³-hybridized carbons (Fsp3) is 0.562. The number of carbonyl (C=O) groups is 1. The maximum absolute atomic E-state index is 11.8. The highest BCUT2D eigenvalue weighted by Gasteiger charge is 2.41. The Kier molecular flexibility index (Phi) is 4.33. The van der Waals surface area contributed by atoms with Gasteiger partial charge in [0.2, 0.25) is 0 Å². The SMILES string of the molecule is O=C1OCCC[C@H]2O[C@@H](COCc3ccccc3)C[C@@H]12. The number of ether oxygens (including phenoxy) is 3. The summed E-state index contributed by atoms with van der Waals surface area (Å²) in [6, 6.07) is 10.1. The lowest BCUT2D eigenvalue weighted by Crippen LogP contribution is -2.22. The van der Waals surface area contributed by atoms with Gasteiger partial charge in [0.05, 0.1) is 37.9 Å². The molecule has 2 saturated heterocycles. The molecule has 0 radical (unpaired) electrons. The van der Waals surface area contributed by atoms with Crippen molar-refractivity contribution in [2.24, 2.45) is 5.92 Å². The maximum Gasteiger partial charge on any atom is 0.311 e. The topological polar surface area (TPSA) is 44.8 Å². The van der Waals surface area contributed by atoms with E-state index in [4.69, 9.17) is 14.2 Å². The molecule has 0 bridgehead atoms. The van der Waals surface area contributed by atoms with E-state index in [1.165, 1.54) is 0 Å². The molecular weight excluding hydrogens is 256 g/mol. The Labute approximate surface area is 119 Å². The first-order valence-electron chi connectivity index (χ1n) is 7.26. The first kappa shape index (κ1) is 13.6. The molecule has 0 N–H and O–H groups in total. The molecule has 0 aliphatic carbocycles. The lowest BCUT2D eigenvalue weighted by Gasteiger charge is -2.13. The van der Waals surface area contributed by atoms with Gasteiger partial charge in [-0.2, -0.15) is 0 Å². The van der Waals surface area contributed by atoms with Crippen LogP contribution in [0.25, 0.3) is 0 Å². The minimum absolute atomic E-state index is 0.0133. The second-order valence-corrected chi connectivity index (χ2v) is 5.45. The van der Waals surface area contributed by atoms with Crippen LogP contribution in [0.5, 0.6) is 0 Å². The van der Waals surface area contributed by atoms with Crippen LogP contribution in [-0.2, 0) is 25.6 Å². The molecule has 0 amide bonds. The first-order chi connectivity index (χ1) is 9.83. The van der Waals surface area contributed by atoms with E-state index in [-0.39, 0.29) is 24.1 Å². The number of esters is 1. The highest BCUT2D eigenvalue weighted by Crippen LogP contribution is 2.32. The van der Waals surface area contributed by atoms with Crippen LogP contribution in [-0.4, -0.2) is 31.4 Å². The molecule has 2 aliphatic heterocycles. The van der Waals surface area contributed by atoms with Gasteiger partial charge in [0, 0.05) is 0 Å². The Morgan fingerprint density at radius 3 is 2.95 bits per heavy atom. The molecule has 2 fully saturated rings. The van der Waals surface area contributed by atoms with Crippen LogP contribution in [0.3, 0.4) is 0 Å². The molecule has 4 heteroatoms. The molecule has 0 spiro atoms. The summed E-state index contributed by atoms with van der Waals surface area (Å²) in [6.07, 6.45) is 2.56. The smallest absolute Gasteiger partial charge is 0.311 e. The summed E-state index contributed by atoms with van der Waals surface area (Å²) in [5, 5.41) is 0. The summed E-state index contributed by atoms with van der Waals surface area (Å²) in [7, 11) is 0. The Bertz CT molecular complexity index is 445. The fourth-order valence-corrected chi connectivity index (χ4v) is 2.90. The van der Waals surface area contributed by atoms with Gasteiger partial charge in [0.1, 0.15) is 0 Å². The number of hydrogen-bond donors (Lipinski definition) is 0. The van der Waals surface area contributed by atoms with E-state index in [2.05, 4.69) is 0 Å². The van der Waals surface area contributed by atoms with Crippen molar-refractivity contribution in [3.63, 3.8) is 0 Å². The average molecular weight is 276 g/mol. The van der Waals surface area contributed by atoms with E-state index in [0.717, 1.165) is 24.8 Å². The van der Waals surface area contributed by atoms with Gasteiger partial charge in [-0.05, 0) is 24.8 Å². The number of fused-ring (bicyclic) bond motifs is 1. The Balaban J connectivity index is 1.47. The summed E-state index contributed by atoms with van der Waals surface area (Å²) in [6.45, 7) is 1.65. The molecule has 1 aromatic rings. The van der Waals surface area contributed by atoms with E-state index in [1.807, 2.05) is 30.3 Å². The molecule has 3 rings (SSSR count). The zero-order chi connectivity index (χ0) is 13.8. The van der Waals surface area contributed by atoms with Crippen LogP contribution in [0, 0.1) is 5.92 Å². The lowest BCUT2D eigenvalue weighted by atomic mass is 9.97. The van der Waals surface area contributed by atoms with Gasteiger partial charge in [0.25, 0.3) is 0 Å². The van der Waals surface area contributed by atoms with Gasteiger partial charge >= 0.3 is 5.97 Å². The van der Waals surface area contributed by atoms with Crippen LogP contribution < -0.4 is 0 Å². The van der Waals surface area contributed by atoms with Crippen molar-refractivity contribution >= 4 is 5.97 Å². The Hall–Kier alpha value is -1.39. The predicted molar refractivity (Wildman–Crippen MR) is 73.1 cm³/mol. The van der Waals surface area contributed by atoms with Gasteiger partial charge in [0.15, 0.2) is 0 Å². The third-order valence-corrected chi connectivity index (χ3v) is 3.93. The normalized spacial score (nSPS) is 29.6. The van der Waals surface area contributed by atoms with Crippen LogP contribution in [0.1, 0.15) is 24.8 Å². The van der Waals surface area contributed by atoms with Crippen LogP contribution in [0.15, 0.2) is 30.3 Å². The van der Waals surface area contributed by atoms with Gasteiger partial charge in [-0.25, -0.2) is 0 Å². The van der Waals surface area contributed by atoms with E-state index >= 15 is 0 Å². The van der Waals surface area contributed by atoms with Crippen molar-refractivity contribution in [3.8, 4) is 0 Å². The average Bonchev–Trinajstić information content (AvgIpc) is 2.80. The van der Waals surface area contributed by atoms with Gasteiger partial charge < -0.3 is 14.2 Å². The molecule has 3 atom stereocenters. The quantitative estimate of drug-likeness (QED) is 0.792. The maximum atomic E-state index is 11.8. The zero-order valence-corrected chi connectivity index (χ0v) is 11.5. The first-order valence-corrected chi connectivity index (χ1v) is 7.26. The Morgan fingerprint density at radius 1 is 1.25 bits per heavy atom. The molecular formula is C16H20O4. The molecule has 0 unspecified atom stereocenters. The molecule has 4 nitrogen and oxygen atoms in total. The summed E-state index contributed by atoms with van der Waals surface area (Å²) in [5.41, 5.74) is 1.15. The third-order valence-electron chi connectivity index (χ3n) is 3.93. The molecule has 2 aliphatic rings. The van der Waals surface area contributed by atoms with Crippen molar-refractivity contribution in [1.82, 2.24) is 0 Å². The van der Waals surface area contributed by atoms with Crippen molar-refractivity contribution in [2.75, 3.05) is 13.2 Å². The largest absolute Gasteiger partial charge is 0.465 e. The third kappa shape index (κ3) is 3.19. The van der Waals surface area contributed by atoms with Crippen LogP contribution >= 0.6 is 0 Å². The summed E-state index contributed by atoms with van der Waals surface area (Å²) >= 11 is 0. The lowest BCUT2D eigenvalue weighted by molar-refractivity contribution is -0.148.